The zero-order chi connectivity index (χ0) is 21.2. The summed E-state index contributed by atoms with van der Waals surface area (Å²) in [4.78, 5) is 23.8. The van der Waals surface area contributed by atoms with Crippen molar-refractivity contribution in [3.05, 3.63) is 59.6 Å². The number of carbonyl (C=O) groups excluding carboxylic acids is 2. The molecule has 2 rings (SSSR count). The van der Waals surface area contributed by atoms with E-state index in [0.717, 1.165) is 0 Å². The highest BCUT2D eigenvalue weighted by Crippen LogP contribution is 2.34. The van der Waals surface area contributed by atoms with Crippen molar-refractivity contribution >= 4 is 35.3 Å². The second kappa shape index (κ2) is 10.7. The van der Waals surface area contributed by atoms with Crippen molar-refractivity contribution in [1.82, 2.24) is 5.43 Å². The van der Waals surface area contributed by atoms with Gasteiger partial charge in [0.05, 0.1) is 17.8 Å². The van der Waals surface area contributed by atoms with Crippen molar-refractivity contribution in [2.45, 2.75) is 6.92 Å². The topological polar surface area (TPSA) is 109 Å². The molecule has 0 atom stereocenters. The largest absolute Gasteiger partial charge is 0.503 e. The Morgan fingerprint density at radius 3 is 2.59 bits per heavy atom. The van der Waals surface area contributed by atoms with Crippen LogP contribution in [0.2, 0.25) is 5.02 Å². The van der Waals surface area contributed by atoms with Gasteiger partial charge in [-0.1, -0.05) is 24.3 Å². The Kier molecular flexibility index (Phi) is 8.05. The number of hydrazone groups is 1. The lowest BCUT2D eigenvalue weighted by molar-refractivity contribution is -0.136. The van der Waals surface area contributed by atoms with Crippen molar-refractivity contribution in [3.63, 3.8) is 0 Å². The highest BCUT2D eigenvalue weighted by molar-refractivity contribution is 6.39. The van der Waals surface area contributed by atoms with Crippen LogP contribution in [0, 0.1) is 0 Å². The lowest BCUT2D eigenvalue weighted by Crippen LogP contribution is -2.32. The lowest BCUT2D eigenvalue weighted by Gasteiger charge is -2.08. The Hall–Kier alpha value is -3.52. The second-order valence-corrected chi connectivity index (χ2v) is 5.97. The monoisotopic (exact) mass is 417 g/mol. The van der Waals surface area contributed by atoms with Gasteiger partial charge in [-0.3, -0.25) is 9.59 Å². The Morgan fingerprint density at radius 1 is 1.21 bits per heavy atom. The summed E-state index contributed by atoms with van der Waals surface area (Å²) in [6, 6.07) is 9.43. The zero-order valence-corrected chi connectivity index (χ0v) is 16.4. The molecule has 0 heterocycles. The van der Waals surface area contributed by atoms with E-state index < -0.39 is 11.8 Å². The van der Waals surface area contributed by atoms with E-state index in [1.807, 2.05) is 0 Å². The molecule has 0 saturated carbocycles. The molecule has 9 heteroatoms. The second-order valence-electron chi connectivity index (χ2n) is 5.56. The number of anilines is 1. The predicted octanol–water partition coefficient (Wildman–Crippen LogP) is 3.10. The van der Waals surface area contributed by atoms with Crippen molar-refractivity contribution in [2.24, 2.45) is 5.10 Å². The molecule has 0 spiro atoms. The van der Waals surface area contributed by atoms with Gasteiger partial charge in [0.25, 0.3) is 0 Å². The van der Waals surface area contributed by atoms with E-state index in [1.165, 1.54) is 18.3 Å². The van der Waals surface area contributed by atoms with Gasteiger partial charge in [0.15, 0.2) is 11.5 Å². The van der Waals surface area contributed by atoms with Crippen LogP contribution in [0.5, 0.6) is 17.2 Å². The van der Waals surface area contributed by atoms with Gasteiger partial charge in [0.2, 0.25) is 0 Å². The van der Waals surface area contributed by atoms with Gasteiger partial charge in [-0.2, -0.15) is 5.10 Å². The third-order valence-corrected chi connectivity index (χ3v) is 3.70. The standard InChI is InChI=1S/C20H20ClN3O5/c1-3-9-29-15-7-5-14(6-8-15)23-19(26)20(27)24-22-12-13-10-16(21)18(25)17(11-13)28-4-2/h3,5-8,10-12,25H,1,4,9H2,2H3,(H,23,26)(H,24,27)/b22-12-. The molecule has 0 aliphatic rings. The first-order chi connectivity index (χ1) is 13.9. The SMILES string of the molecule is C=CCOc1ccc(NC(=O)C(=O)N/N=C\c2cc(Cl)c(O)c(OCC)c2)cc1. The average Bonchev–Trinajstić information content (AvgIpc) is 2.71. The van der Waals surface area contributed by atoms with Crippen molar-refractivity contribution in [3.8, 4) is 17.2 Å². The Labute approximate surface area is 172 Å². The molecule has 0 unspecified atom stereocenters. The third-order valence-electron chi connectivity index (χ3n) is 3.42. The number of nitrogens with one attached hydrogen (secondary N) is 2. The number of carbonyl (C=O) groups is 2. The van der Waals surface area contributed by atoms with Crippen molar-refractivity contribution in [2.75, 3.05) is 18.5 Å². The molecule has 2 amide bonds. The molecule has 8 nitrogen and oxygen atoms in total. The van der Waals surface area contributed by atoms with Crippen molar-refractivity contribution in [1.29, 1.82) is 0 Å². The van der Waals surface area contributed by atoms with E-state index in [4.69, 9.17) is 21.1 Å². The number of hydrogen-bond donors (Lipinski definition) is 3. The maximum absolute atomic E-state index is 11.9. The fraction of sp³-hybridized carbons (Fsp3) is 0.150. The first-order valence-electron chi connectivity index (χ1n) is 8.58. The summed E-state index contributed by atoms with van der Waals surface area (Å²) < 4.78 is 10.6. The van der Waals surface area contributed by atoms with Crippen LogP contribution in [-0.2, 0) is 9.59 Å². The summed E-state index contributed by atoms with van der Waals surface area (Å²) in [5, 5.41) is 16.0. The Balaban J connectivity index is 1.93. The minimum atomic E-state index is -0.955. The number of rotatable bonds is 8. The zero-order valence-electron chi connectivity index (χ0n) is 15.6. The summed E-state index contributed by atoms with van der Waals surface area (Å²) >= 11 is 5.92. The van der Waals surface area contributed by atoms with Gasteiger partial charge < -0.3 is 19.9 Å². The molecule has 0 aliphatic carbocycles. The molecule has 3 N–H and O–H groups in total. The minimum Gasteiger partial charge on any atom is -0.503 e. The molecule has 0 aliphatic heterocycles. The third kappa shape index (κ3) is 6.54. The number of halogens is 1. The highest BCUT2D eigenvalue weighted by atomic mass is 35.5. The lowest BCUT2D eigenvalue weighted by atomic mass is 10.2. The maximum atomic E-state index is 11.9. The van der Waals surface area contributed by atoms with Gasteiger partial charge >= 0.3 is 11.8 Å². The summed E-state index contributed by atoms with van der Waals surface area (Å²) in [6.07, 6.45) is 2.88. The molecular weight excluding hydrogens is 398 g/mol. The number of phenolic OH excluding ortho intramolecular Hbond substituents is 1. The van der Waals surface area contributed by atoms with Gasteiger partial charge in [-0.25, -0.2) is 5.43 Å². The van der Waals surface area contributed by atoms with E-state index in [1.54, 1.807) is 37.3 Å². The van der Waals surface area contributed by atoms with Crippen LogP contribution < -0.4 is 20.2 Å². The molecular formula is C20H20ClN3O5. The molecule has 29 heavy (non-hydrogen) atoms. The maximum Gasteiger partial charge on any atom is 0.329 e. The summed E-state index contributed by atoms with van der Waals surface area (Å²) in [7, 11) is 0. The van der Waals surface area contributed by atoms with Crippen molar-refractivity contribution < 1.29 is 24.2 Å². The fourth-order valence-corrected chi connectivity index (χ4v) is 2.35. The molecule has 0 saturated heterocycles. The molecule has 0 fully saturated rings. The van der Waals surface area contributed by atoms with E-state index in [0.29, 0.717) is 30.2 Å². The highest BCUT2D eigenvalue weighted by Gasteiger charge is 2.13. The van der Waals surface area contributed by atoms with Gasteiger partial charge in [-0.15, -0.1) is 0 Å². The van der Waals surface area contributed by atoms with Crippen LogP contribution in [0.25, 0.3) is 0 Å². The van der Waals surface area contributed by atoms with E-state index in [9.17, 15) is 14.7 Å². The van der Waals surface area contributed by atoms with E-state index >= 15 is 0 Å². The van der Waals surface area contributed by atoms with Crippen LogP contribution in [0.1, 0.15) is 12.5 Å². The van der Waals surface area contributed by atoms with Gasteiger partial charge in [-0.05, 0) is 48.9 Å². The number of hydrogen-bond acceptors (Lipinski definition) is 6. The van der Waals surface area contributed by atoms with Crippen LogP contribution in [0.4, 0.5) is 5.69 Å². The van der Waals surface area contributed by atoms with Gasteiger partial charge in [0.1, 0.15) is 12.4 Å². The number of benzene rings is 2. The fourth-order valence-electron chi connectivity index (χ4n) is 2.13. The number of nitrogens with zero attached hydrogens (tertiary/aromatic N) is 1. The van der Waals surface area contributed by atoms with E-state index in [-0.39, 0.29) is 16.5 Å². The summed E-state index contributed by atoms with van der Waals surface area (Å²) in [5.74, 6) is -1.24. The first kappa shape index (κ1) is 21.8. The Morgan fingerprint density at radius 2 is 1.93 bits per heavy atom. The Bertz CT molecular complexity index is 913. The van der Waals surface area contributed by atoms with Crippen LogP contribution >= 0.6 is 11.6 Å². The smallest absolute Gasteiger partial charge is 0.329 e. The molecule has 0 bridgehead atoms. The average molecular weight is 418 g/mol. The number of ether oxygens (including phenoxy) is 2. The number of aromatic hydroxyl groups is 1. The molecule has 0 aromatic heterocycles. The van der Waals surface area contributed by atoms with Crippen LogP contribution in [0.15, 0.2) is 54.2 Å². The van der Waals surface area contributed by atoms with Crippen LogP contribution in [-0.4, -0.2) is 36.3 Å². The summed E-state index contributed by atoms with van der Waals surface area (Å²) in [6.45, 7) is 6.01. The van der Waals surface area contributed by atoms with E-state index in [2.05, 4.69) is 22.4 Å². The van der Waals surface area contributed by atoms with Gasteiger partial charge in [0, 0.05) is 5.69 Å². The molecule has 2 aromatic rings. The first-order valence-corrected chi connectivity index (χ1v) is 8.95. The summed E-state index contributed by atoms with van der Waals surface area (Å²) in [5.41, 5.74) is 3.00. The minimum absolute atomic E-state index is 0.0713. The number of phenols is 1. The molecule has 152 valence electrons. The number of amides is 2. The predicted molar refractivity (Wildman–Crippen MR) is 111 cm³/mol. The molecule has 0 radical (unpaired) electrons. The quantitative estimate of drug-likeness (QED) is 0.264. The normalized spacial score (nSPS) is 10.4. The van der Waals surface area contributed by atoms with Crippen LogP contribution in [0.3, 0.4) is 0 Å². The molecule has 2 aromatic carbocycles.